The molecule has 0 N–H and O–H groups in total. The zero-order valence-electron chi connectivity index (χ0n) is 8.81. The maximum absolute atomic E-state index is 11.8. The molecule has 0 unspecified atom stereocenters. The zero-order chi connectivity index (χ0) is 13.1. The van der Waals surface area contributed by atoms with Crippen LogP contribution in [-0.4, -0.2) is 0 Å². The van der Waals surface area contributed by atoms with Gasteiger partial charge in [-0.1, -0.05) is 55.7 Å². The summed E-state index contributed by atoms with van der Waals surface area (Å²) in [5.74, 6) is 1.50. The van der Waals surface area contributed by atoms with E-state index in [0.29, 0.717) is 12.8 Å². The molecule has 0 fully saturated rings. The van der Waals surface area contributed by atoms with Crippen molar-refractivity contribution in [2.75, 3.05) is 0 Å². The smallest absolute Gasteiger partial charge is 0.0873 e. The van der Waals surface area contributed by atoms with Gasteiger partial charge in [-0.2, -0.15) is 0 Å². The summed E-state index contributed by atoms with van der Waals surface area (Å²) in [6.07, 6.45) is 0.654. The van der Waals surface area contributed by atoms with Crippen molar-refractivity contribution in [1.82, 2.24) is 0 Å². The first kappa shape index (κ1) is 13.8. The van der Waals surface area contributed by atoms with Gasteiger partial charge in [0.1, 0.15) is 0 Å². The van der Waals surface area contributed by atoms with Gasteiger partial charge in [0.2, 0.25) is 0 Å². The Balaban J connectivity index is 2.44. The van der Waals surface area contributed by atoms with Crippen LogP contribution in [0.15, 0.2) is 30.3 Å². The van der Waals surface area contributed by atoms with Crippen molar-refractivity contribution in [2.24, 2.45) is 0 Å². The molecule has 0 heterocycles. The third-order valence-electron chi connectivity index (χ3n) is 1.88. The van der Waals surface area contributed by atoms with Crippen molar-refractivity contribution in [3.8, 4) is 11.2 Å². The van der Waals surface area contributed by atoms with Crippen LogP contribution in [0, 0.1) is 11.2 Å². The minimum Gasteiger partial charge on any atom is -0.0873 e. The standard InChI is InChI=1S/C11H11F5S/c12-17(13,14,15,16)10-6-2-5-9-11-7-3-1-4-8-11/h1,3-4,7-8H,2,5,9H2. The average molecular weight is 270 g/mol. The van der Waals surface area contributed by atoms with E-state index in [0.717, 1.165) is 5.56 Å². The van der Waals surface area contributed by atoms with Crippen LogP contribution in [0.2, 0.25) is 0 Å². The molecule has 0 aliphatic heterocycles. The van der Waals surface area contributed by atoms with Gasteiger partial charge < -0.3 is 0 Å². The number of benzene rings is 1. The van der Waals surface area contributed by atoms with E-state index in [1.807, 2.05) is 18.2 Å². The molecular weight excluding hydrogens is 259 g/mol. The van der Waals surface area contributed by atoms with Crippen LogP contribution in [0.25, 0.3) is 0 Å². The van der Waals surface area contributed by atoms with E-state index in [1.165, 1.54) is 5.92 Å². The van der Waals surface area contributed by atoms with E-state index in [9.17, 15) is 19.4 Å². The number of unbranched alkanes of at least 4 members (excludes halogenated alkanes) is 1. The quantitative estimate of drug-likeness (QED) is 0.399. The van der Waals surface area contributed by atoms with Crippen molar-refractivity contribution in [1.29, 1.82) is 0 Å². The molecule has 0 aliphatic rings. The maximum atomic E-state index is 11.8. The molecule has 0 nitrogen and oxygen atoms in total. The van der Waals surface area contributed by atoms with Crippen LogP contribution < -0.4 is 0 Å². The third kappa shape index (κ3) is 7.64. The minimum atomic E-state index is -9.54. The van der Waals surface area contributed by atoms with Crippen LogP contribution in [0.3, 0.4) is 0 Å². The number of hydrogen-bond donors (Lipinski definition) is 0. The lowest BCUT2D eigenvalue weighted by Crippen LogP contribution is -1.99. The van der Waals surface area contributed by atoms with Gasteiger partial charge in [-0.05, 0) is 18.4 Å². The summed E-state index contributed by atoms with van der Waals surface area (Å²) in [5.41, 5.74) is 0.946. The molecule has 0 radical (unpaired) electrons. The molecule has 6 heteroatoms. The molecule has 96 valence electrons. The summed E-state index contributed by atoms with van der Waals surface area (Å²) in [7, 11) is -9.54. The fraction of sp³-hybridized carbons (Fsp3) is 0.273. The SMILES string of the molecule is FS(F)(F)(F)(F)C#CCCCc1ccccc1. The highest BCUT2D eigenvalue weighted by Gasteiger charge is 2.62. The van der Waals surface area contributed by atoms with E-state index < -0.39 is 10.2 Å². The first-order chi connectivity index (χ1) is 7.55. The maximum Gasteiger partial charge on any atom is 0.345 e. The van der Waals surface area contributed by atoms with Gasteiger partial charge in [0.25, 0.3) is 0 Å². The van der Waals surface area contributed by atoms with Crippen molar-refractivity contribution < 1.29 is 19.4 Å². The van der Waals surface area contributed by atoms with Crippen molar-refractivity contribution >= 4 is 10.2 Å². The predicted molar refractivity (Wildman–Crippen MR) is 60.3 cm³/mol. The first-order valence-corrected chi connectivity index (χ1v) is 6.79. The molecular formula is C11H11F5S. The van der Waals surface area contributed by atoms with Crippen LogP contribution in [0.4, 0.5) is 19.4 Å². The van der Waals surface area contributed by atoms with Crippen LogP contribution in [0.1, 0.15) is 18.4 Å². The predicted octanol–water partition coefficient (Wildman–Crippen LogP) is 5.27. The molecule has 1 aromatic carbocycles. The van der Waals surface area contributed by atoms with Crippen molar-refractivity contribution in [3.63, 3.8) is 0 Å². The normalized spacial score (nSPS) is 15.4. The fourth-order valence-electron chi connectivity index (χ4n) is 1.21. The van der Waals surface area contributed by atoms with Gasteiger partial charge >= 0.3 is 10.2 Å². The highest BCUT2D eigenvalue weighted by atomic mass is 32.5. The molecule has 17 heavy (non-hydrogen) atoms. The Kier molecular flexibility index (Phi) is 3.19. The summed E-state index contributed by atoms with van der Waals surface area (Å²) in [6.45, 7) is 0. The largest absolute Gasteiger partial charge is 0.345 e. The second-order valence-electron chi connectivity index (χ2n) is 3.59. The molecule has 0 amide bonds. The topological polar surface area (TPSA) is 0 Å². The molecule has 0 aromatic heterocycles. The Morgan fingerprint density at radius 2 is 1.53 bits per heavy atom. The molecule has 1 aromatic rings. The average Bonchev–Trinajstić information content (AvgIpc) is 2.15. The fourth-order valence-corrected chi connectivity index (χ4v) is 1.59. The van der Waals surface area contributed by atoms with Crippen molar-refractivity contribution in [3.05, 3.63) is 35.9 Å². The van der Waals surface area contributed by atoms with E-state index in [-0.39, 0.29) is 11.7 Å². The molecule has 0 saturated heterocycles. The lowest BCUT2D eigenvalue weighted by molar-refractivity contribution is 0.388. The number of hydrogen-bond acceptors (Lipinski definition) is 0. The van der Waals surface area contributed by atoms with Gasteiger partial charge in [0.15, 0.2) is 0 Å². The molecule has 0 aliphatic carbocycles. The zero-order valence-corrected chi connectivity index (χ0v) is 9.62. The monoisotopic (exact) mass is 270 g/mol. The summed E-state index contributed by atoms with van der Waals surface area (Å²) < 4.78 is 59.0. The van der Waals surface area contributed by atoms with Gasteiger partial charge in [-0.3, -0.25) is 0 Å². The Labute approximate surface area is 96.6 Å². The van der Waals surface area contributed by atoms with E-state index >= 15 is 0 Å². The number of rotatable bonds is 3. The summed E-state index contributed by atoms with van der Waals surface area (Å²) in [4.78, 5) is 0. The van der Waals surface area contributed by atoms with Gasteiger partial charge in [-0.25, -0.2) is 0 Å². The summed E-state index contributed by atoms with van der Waals surface area (Å²) >= 11 is 0. The van der Waals surface area contributed by atoms with Gasteiger partial charge in [0.05, 0.1) is 5.25 Å². The second-order valence-corrected chi connectivity index (χ2v) is 5.73. The molecule has 1 rings (SSSR count). The lowest BCUT2D eigenvalue weighted by Gasteiger charge is -2.33. The summed E-state index contributed by atoms with van der Waals surface area (Å²) in [5, 5.41) is 0.196. The van der Waals surface area contributed by atoms with E-state index in [4.69, 9.17) is 0 Å². The van der Waals surface area contributed by atoms with E-state index in [1.54, 1.807) is 12.1 Å². The van der Waals surface area contributed by atoms with Gasteiger partial charge in [0, 0.05) is 6.42 Å². The minimum absolute atomic E-state index is 0.194. The lowest BCUT2D eigenvalue weighted by atomic mass is 10.1. The highest BCUT2D eigenvalue weighted by molar-refractivity contribution is 8.49. The number of aryl methyl sites for hydroxylation is 1. The molecule has 0 bridgehead atoms. The van der Waals surface area contributed by atoms with Crippen LogP contribution in [-0.2, 0) is 6.42 Å². The molecule has 0 spiro atoms. The number of halogens is 5. The van der Waals surface area contributed by atoms with Crippen LogP contribution in [0.5, 0.6) is 0 Å². The Morgan fingerprint density at radius 1 is 0.941 bits per heavy atom. The third-order valence-corrected chi connectivity index (χ3v) is 2.41. The Morgan fingerprint density at radius 3 is 2.06 bits per heavy atom. The highest BCUT2D eigenvalue weighted by Crippen LogP contribution is 2.97. The van der Waals surface area contributed by atoms with E-state index in [2.05, 4.69) is 0 Å². The first-order valence-electron chi connectivity index (χ1n) is 4.84. The van der Waals surface area contributed by atoms with Gasteiger partial charge in [-0.15, -0.1) is 0 Å². The Hall–Kier alpha value is -1.22. The van der Waals surface area contributed by atoms with Crippen molar-refractivity contribution in [2.45, 2.75) is 19.3 Å². The molecule has 0 atom stereocenters. The second kappa shape index (κ2) is 3.91. The van der Waals surface area contributed by atoms with Crippen LogP contribution >= 0.6 is 10.2 Å². The molecule has 0 saturated carbocycles. The Bertz CT molecular complexity index is 437. The summed E-state index contributed by atoms with van der Waals surface area (Å²) in [6, 6.07) is 9.05.